The fourth-order valence-electron chi connectivity index (χ4n) is 1.88. The Kier molecular flexibility index (Phi) is 3.87. The van der Waals surface area contributed by atoms with Crippen molar-refractivity contribution in [1.29, 1.82) is 0 Å². The fraction of sp³-hybridized carbons (Fsp3) is 0.500. The molecule has 18 heavy (non-hydrogen) atoms. The molecule has 98 valence electrons. The topological polar surface area (TPSA) is 64.3 Å². The zero-order valence-corrected chi connectivity index (χ0v) is 10.9. The van der Waals surface area contributed by atoms with E-state index in [1.54, 1.807) is 0 Å². The Hall–Kier alpha value is -1.55. The number of nitrogens with one attached hydrogen (secondary N) is 1. The quantitative estimate of drug-likeness (QED) is 0.797. The summed E-state index contributed by atoms with van der Waals surface area (Å²) in [6.07, 6.45) is 2.24. The second-order valence-electron chi connectivity index (χ2n) is 4.98. The molecule has 1 unspecified atom stereocenters. The van der Waals surface area contributed by atoms with Crippen molar-refractivity contribution >= 4 is 5.91 Å². The van der Waals surface area contributed by atoms with Crippen LogP contribution in [0.1, 0.15) is 24.0 Å². The highest BCUT2D eigenvalue weighted by Crippen LogP contribution is 2.21. The summed E-state index contributed by atoms with van der Waals surface area (Å²) < 4.78 is 5.68. The van der Waals surface area contributed by atoms with Crippen LogP contribution in [0.25, 0.3) is 0 Å². The Morgan fingerprint density at radius 1 is 1.50 bits per heavy atom. The number of hydrogen-bond acceptors (Lipinski definition) is 3. The van der Waals surface area contributed by atoms with Crippen LogP contribution in [0.15, 0.2) is 18.2 Å². The van der Waals surface area contributed by atoms with Gasteiger partial charge >= 0.3 is 0 Å². The van der Waals surface area contributed by atoms with Gasteiger partial charge in [0, 0.05) is 6.04 Å². The van der Waals surface area contributed by atoms with E-state index in [4.69, 9.17) is 10.5 Å². The maximum absolute atomic E-state index is 11.3. The summed E-state index contributed by atoms with van der Waals surface area (Å²) in [4.78, 5) is 11.3. The molecule has 1 aromatic carbocycles. The first-order chi connectivity index (χ1) is 8.56. The zero-order chi connectivity index (χ0) is 13.1. The Balaban J connectivity index is 1.93. The smallest absolute Gasteiger partial charge is 0.238 e. The van der Waals surface area contributed by atoms with E-state index in [2.05, 4.69) is 11.4 Å². The average molecular weight is 248 g/mol. The maximum Gasteiger partial charge on any atom is 0.238 e. The third-order valence-electron chi connectivity index (χ3n) is 3.09. The van der Waals surface area contributed by atoms with Crippen LogP contribution in [0.3, 0.4) is 0 Å². The molecule has 1 aliphatic rings. The molecule has 1 aromatic rings. The first-order valence-electron chi connectivity index (χ1n) is 6.31. The van der Waals surface area contributed by atoms with Crippen LogP contribution in [-0.2, 0) is 4.79 Å². The SMILES string of the molecule is Cc1ccc(OCC(NC2CC2)C(N)=O)c(C)c1. The molecule has 0 saturated heterocycles. The van der Waals surface area contributed by atoms with Gasteiger partial charge in [0.25, 0.3) is 0 Å². The van der Waals surface area contributed by atoms with Gasteiger partial charge in [-0.05, 0) is 38.3 Å². The van der Waals surface area contributed by atoms with Gasteiger partial charge in [0.15, 0.2) is 0 Å². The van der Waals surface area contributed by atoms with Crippen molar-refractivity contribution in [3.05, 3.63) is 29.3 Å². The number of benzene rings is 1. The number of ether oxygens (including phenoxy) is 1. The lowest BCUT2D eigenvalue weighted by molar-refractivity contribution is -0.120. The Morgan fingerprint density at radius 3 is 2.78 bits per heavy atom. The van der Waals surface area contributed by atoms with E-state index in [9.17, 15) is 4.79 Å². The molecular formula is C14H20N2O2. The summed E-state index contributed by atoms with van der Waals surface area (Å²) in [6.45, 7) is 4.32. The molecule has 1 aliphatic carbocycles. The second-order valence-corrected chi connectivity index (χ2v) is 4.98. The van der Waals surface area contributed by atoms with Crippen molar-refractivity contribution in [1.82, 2.24) is 5.32 Å². The summed E-state index contributed by atoms with van der Waals surface area (Å²) in [6, 6.07) is 6.02. The van der Waals surface area contributed by atoms with E-state index < -0.39 is 6.04 Å². The summed E-state index contributed by atoms with van der Waals surface area (Å²) in [5.41, 5.74) is 7.63. The Labute approximate surface area is 108 Å². The van der Waals surface area contributed by atoms with E-state index in [1.165, 1.54) is 5.56 Å². The maximum atomic E-state index is 11.3. The zero-order valence-electron chi connectivity index (χ0n) is 10.9. The minimum Gasteiger partial charge on any atom is -0.491 e. The van der Waals surface area contributed by atoms with Crippen LogP contribution >= 0.6 is 0 Å². The molecule has 4 nitrogen and oxygen atoms in total. The molecule has 1 atom stereocenters. The van der Waals surface area contributed by atoms with Crippen molar-refractivity contribution < 1.29 is 9.53 Å². The number of rotatable bonds is 6. The van der Waals surface area contributed by atoms with E-state index >= 15 is 0 Å². The third-order valence-corrected chi connectivity index (χ3v) is 3.09. The number of primary amides is 1. The molecule has 0 aromatic heterocycles. The van der Waals surface area contributed by atoms with Gasteiger partial charge in [0.1, 0.15) is 18.4 Å². The van der Waals surface area contributed by atoms with Crippen molar-refractivity contribution in [2.45, 2.75) is 38.8 Å². The number of nitrogens with two attached hydrogens (primary N) is 1. The van der Waals surface area contributed by atoms with E-state index in [0.29, 0.717) is 6.04 Å². The van der Waals surface area contributed by atoms with Gasteiger partial charge in [-0.15, -0.1) is 0 Å². The molecule has 1 saturated carbocycles. The molecule has 3 N–H and O–H groups in total. The first-order valence-corrected chi connectivity index (χ1v) is 6.31. The van der Waals surface area contributed by atoms with Crippen molar-refractivity contribution in [2.75, 3.05) is 6.61 Å². The van der Waals surface area contributed by atoms with Crippen LogP contribution in [0.4, 0.5) is 0 Å². The number of carbonyl (C=O) groups excluding carboxylic acids is 1. The monoisotopic (exact) mass is 248 g/mol. The highest BCUT2D eigenvalue weighted by atomic mass is 16.5. The van der Waals surface area contributed by atoms with E-state index in [-0.39, 0.29) is 12.5 Å². The molecule has 0 spiro atoms. The summed E-state index contributed by atoms with van der Waals surface area (Å²) in [5.74, 6) is 0.455. The van der Waals surface area contributed by atoms with Gasteiger partial charge < -0.3 is 15.8 Å². The predicted octanol–water partition coefficient (Wildman–Crippen LogP) is 1.29. The highest BCUT2D eigenvalue weighted by molar-refractivity contribution is 5.80. The largest absolute Gasteiger partial charge is 0.491 e. The minimum atomic E-state index is -0.404. The van der Waals surface area contributed by atoms with Gasteiger partial charge in [-0.1, -0.05) is 17.7 Å². The van der Waals surface area contributed by atoms with Crippen molar-refractivity contribution in [3.8, 4) is 5.75 Å². The third kappa shape index (κ3) is 3.47. The van der Waals surface area contributed by atoms with Crippen LogP contribution in [0, 0.1) is 13.8 Å². The van der Waals surface area contributed by atoms with Crippen molar-refractivity contribution in [3.63, 3.8) is 0 Å². The Morgan fingerprint density at radius 2 is 2.22 bits per heavy atom. The number of aryl methyl sites for hydroxylation is 2. The van der Waals surface area contributed by atoms with Crippen LogP contribution in [-0.4, -0.2) is 24.6 Å². The molecule has 4 heteroatoms. The van der Waals surface area contributed by atoms with E-state index in [0.717, 1.165) is 24.2 Å². The number of amides is 1. The minimum absolute atomic E-state index is 0.287. The highest BCUT2D eigenvalue weighted by Gasteiger charge is 2.27. The van der Waals surface area contributed by atoms with Gasteiger partial charge in [0.05, 0.1) is 0 Å². The molecule has 1 amide bonds. The summed E-state index contributed by atoms with van der Waals surface area (Å²) in [7, 11) is 0. The van der Waals surface area contributed by atoms with Crippen LogP contribution < -0.4 is 15.8 Å². The molecule has 2 rings (SSSR count). The average Bonchev–Trinajstić information content (AvgIpc) is 3.09. The van der Waals surface area contributed by atoms with Crippen LogP contribution in [0.5, 0.6) is 5.75 Å². The lowest BCUT2D eigenvalue weighted by atomic mass is 10.1. The van der Waals surface area contributed by atoms with Crippen LogP contribution in [0.2, 0.25) is 0 Å². The first kappa shape index (κ1) is 12.9. The molecular weight excluding hydrogens is 228 g/mol. The molecule has 0 heterocycles. The van der Waals surface area contributed by atoms with E-state index in [1.807, 2.05) is 26.0 Å². The normalized spacial score (nSPS) is 16.3. The molecule has 0 aliphatic heterocycles. The summed E-state index contributed by atoms with van der Waals surface area (Å²) in [5, 5.41) is 3.19. The van der Waals surface area contributed by atoms with Gasteiger partial charge in [0.2, 0.25) is 5.91 Å². The second kappa shape index (κ2) is 5.40. The number of carbonyl (C=O) groups is 1. The summed E-state index contributed by atoms with van der Waals surface area (Å²) >= 11 is 0. The lowest BCUT2D eigenvalue weighted by Gasteiger charge is -2.17. The predicted molar refractivity (Wildman–Crippen MR) is 70.6 cm³/mol. The Bertz CT molecular complexity index is 441. The lowest BCUT2D eigenvalue weighted by Crippen LogP contribution is -2.46. The molecule has 0 bridgehead atoms. The molecule has 1 fully saturated rings. The van der Waals surface area contributed by atoms with Gasteiger partial charge in [-0.2, -0.15) is 0 Å². The molecule has 0 radical (unpaired) electrons. The van der Waals surface area contributed by atoms with Gasteiger partial charge in [-0.25, -0.2) is 0 Å². The van der Waals surface area contributed by atoms with Crippen molar-refractivity contribution in [2.24, 2.45) is 5.73 Å². The standard InChI is InChI=1S/C14H20N2O2/c1-9-3-6-13(10(2)7-9)18-8-12(14(15)17)16-11-4-5-11/h3,6-7,11-12,16H,4-5,8H2,1-2H3,(H2,15,17). The number of hydrogen-bond donors (Lipinski definition) is 2. The fourth-order valence-corrected chi connectivity index (χ4v) is 1.88. The van der Waals surface area contributed by atoms with Gasteiger partial charge in [-0.3, -0.25) is 4.79 Å².